The van der Waals surface area contributed by atoms with E-state index in [1.807, 2.05) is 35.2 Å². The molecule has 0 bridgehead atoms. The lowest BCUT2D eigenvalue weighted by Gasteiger charge is -2.32. The number of carbonyl (C=O) groups excluding carboxylic acids is 1. The van der Waals surface area contributed by atoms with Crippen LogP contribution in [0.1, 0.15) is 55.6 Å². The van der Waals surface area contributed by atoms with E-state index in [9.17, 15) is 9.59 Å². The van der Waals surface area contributed by atoms with Crippen molar-refractivity contribution >= 4 is 24.3 Å². The summed E-state index contributed by atoms with van der Waals surface area (Å²) in [4.78, 5) is 34.5. The van der Waals surface area contributed by atoms with Gasteiger partial charge in [0.15, 0.2) is 0 Å². The first-order valence-corrected chi connectivity index (χ1v) is 13.3. The minimum atomic E-state index is -0.783. The van der Waals surface area contributed by atoms with Crippen LogP contribution in [0.4, 0.5) is 0 Å². The van der Waals surface area contributed by atoms with Crippen molar-refractivity contribution in [1.82, 2.24) is 4.90 Å². The van der Waals surface area contributed by atoms with Crippen LogP contribution in [0, 0.1) is 0 Å². The van der Waals surface area contributed by atoms with Crippen LogP contribution in [0.25, 0.3) is 0 Å². The number of piperidine rings is 1. The third-order valence-corrected chi connectivity index (χ3v) is 6.51. The zero-order valence-electron chi connectivity index (χ0n) is 22.5. The molecule has 1 aliphatic rings. The number of hydrogen-bond acceptors (Lipinski definition) is 5. The Hall–Kier alpha value is -4.26. The number of likely N-dealkylation sites (tertiary alicyclic amines) is 1. The number of carboxylic acid groups (broad SMARTS) is 1. The van der Waals surface area contributed by atoms with Gasteiger partial charge < -0.3 is 14.7 Å². The molecule has 204 valence electrons. The fourth-order valence-electron chi connectivity index (χ4n) is 4.31. The smallest absolute Gasteiger partial charge is 0.303 e. The molecule has 7 heteroatoms. The second kappa shape index (κ2) is 16.6. The monoisotopic (exact) mass is 527 g/mol. The number of carbonyl (C=O) groups is 2. The zero-order valence-corrected chi connectivity index (χ0v) is 22.5. The molecule has 1 amide bonds. The fourth-order valence-corrected chi connectivity index (χ4v) is 4.31. The summed E-state index contributed by atoms with van der Waals surface area (Å²) in [5.41, 5.74) is 2.81. The number of unbranched alkanes of at least 4 members (excludes halogenated alkanes) is 2. The molecule has 1 fully saturated rings. The number of hydrogen-bond donors (Lipinski definition) is 1. The zero-order chi connectivity index (χ0) is 27.7. The van der Waals surface area contributed by atoms with Gasteiger partial charge in [-0.15, -0.1) is 0 Å². The van der Waals surface area contributed by atoms with Crippen molar-refractivity contribution in [3.05, 3.63) is 102 Å². The Bertz CT molecular complexity index is 1190. The van der Waals surface area contributed by atoms with Gasteiger partial charge in [0.25, 0.3) is 5.91 Å². The maximum atomic E-state index is 13.4. The van der Waals surface area contributed by atoms with Crippen molar-refractivity contribution < 1.29 is 19.4 Å². The fraction of sp³-hybridized carbons (Fsp3) is 0.312. The number of carboxylic acids is 1. The Morgan fingerprint density at radius 2 is 1.74 bits per heavy atom. The van der Waals surface area contributed by atoms with E-state index in [2.05, 4.69) is 34.3 Å². The van der Waals surface area contributed by atoms with E-state index >= 15 is 0 Å². The Morgan fingerprint density at radius 1 is 1.00 bits per heavy atom. The first kappa shape index (κ1) is 29.3. The van der Waals surface area contributed by atoms with E-state index in [1.165, 1.54) is 5.56 Å². The van der Waals surface area contributed by atoms with E-state index in [0.29, 0.717) is 37.4 Å². The van der Waals surface area contributed by atoms with E-state index in [1.54, 1.807) is 50.2 Å². The third kappa shape index (κ3) is 10.6. The van der Waals surface area contributed by atoms with Crippen molar-refractivity contribution in [1.29, 1.82) is 0 Å². The number of aliphatic imine (C=N–C) groups is 2. The van der Waals surface area contributed by atoms with Gasteiger partial charge in [-0.25, -0.2) is 0 Å². The predicted octanol–water partition coefficient (Wildman–Crippen LogP) is 6.19. The molecule has 0 unspecified atom stereocenters. The SMILES string of the molecule is COc1ccc(C=N/C=C/C=C(\C=C\N=CCCCCC(=O)O)C(=O)N2CCC(c3ccccc3)CC2)cc1. The number of amides is 1. The van der Waals surface area contributed by atoms with Crippen LogP contribution in [-0.2, 0) is 9.59 Å². The average molecular weight is 528 g/mol. The number of benzene rings is 2. The van der Waals surface area contributed by atoms with Gasteiger partial charge in [-0.2, -0.15) is 0 Å². The van der Waals surface area contributed by atoms with E-state index in [0.717, 1.165) is 30.6 Å². The van der Waals surface area contributed by atoms with Gasteiger partial charge in [-0.3, -0.25) is 19.6 Å². The molecule has 2 aromatic rings. The van der Waals surface area contributed by atoms with Gasteiger partial charge >= 0.3 is 5.97 Å². The molecule has 0 atom stereocenters. The maximum Gasteiger partial charge on any atom is 0.303 e. The number of aliphatic carboxylic acids is 1. The molecule has 0 saturated carbocycles. The lowest BCUT2D eigenvalue weighted by molar-refractivity contribution is -0.137. The summed E-state index contributed by atoms with van der Waals surface area (Å²) in [7, 11) is 1.63. The minimum absolute atomic E-state index is 0.0294. The molecule has 0 aliphatic carbocycles. The Kier molecular flexibility index (Phi) is 12.4. The first-order valence-electron chi connectivity index (χ1n) is 13.3. The van der Waals surface area contributed by atoms with Crippen molar-refractivity contribution in [3.63, 3.8) is 0 Å². The number of methoxy groups -OCH3 is 1. The van der Waals surface area contributed by atoms with E-state index < -0.39 is 5.97 Å². The molecule has 0 aromatic heterocycles. The van der Waals surface area contributed by atoms with E-state index in [-0.39, 0.29) is 12.3 Å². The van der Waals surface area contributed by atoms with Gasteiger partial charge in [-0.1, -0.05) is 30.3 Å². The third-order valence-electron chi connectivity index (χ3n) is 6.51. The van der Waals surface area contributed by atoms with Gasteiger partial charge in [-0.05, 0) is 91.6 Å². The molecule has 0 spiro atoms. The summed E-state index contributed by atoms with van der Waals surface area (Å²) in [6, 6.07) is 18.1. The van der Waals surface area contributed by atoms with Crippen LogP contribution in [0.2, 0.25) is 0 Å². The summed E-state index contributed by atoms with van der Waals surface area (Å²) < 4.78 is 5.17. The molecule has 1 aliphatic heterocycles. The van der Waals surface area contributed by atoms with Crippen molar-refractivity contribution in [2.24, 2.45) is 9.98 Å². The number of ether oxygens (including phenoxy) is 1. The first-order chi connectivity index (χ1) is 19.1. The molecule has 3 rings (SSSR count). The molecule has 1 saturated heterocycles. The normalized spacial score (nSPS) is 15.2. The van der Waals surface area contributed by atoms with Crippen LogP contribution in [0.3, 0.4) is 0 Å². The number of nitrogens with zero attached hydrogens (tertiary/aromatic N) is 3. The Balaban J connectivity index is 1.62. The van der Waals surface area contributed by atoms with Gasteiger partial charge in [0.1, 0.15) is 5.75 Å². The van der Waals surface area contributed by atoms with Crippen LogP contribution in [-0.4, -0.2) is 54.5 Å². The number of allylic oxidation sites excluding steroid dienone is 2. The topological polar surface area (TPSA) is 91.6 Å². The molecule has 7 nitrogen and oxygen atoms in total. The van der Waals surface area contributed by atoms with Crippen LogP contribution < -0.4 is 4.74 Å². The Labute approximate surface area is 230 Å². The highest BCUT2D eigenvalue weighted by molar-refractivity contribution is 5.96. The molecular formula is C32H37N3O4. The highest BCUT2D eigenvalue weighted by Crippen LogP contribution is 2.28. The predicted molar refractivity (Wildman–Crippen MR) is 157 cm³/mol. The van der Waals surface area contributed by atoms with E-state index in [4.69, 9.17) is 9.84 Å². The second-order valence-electron chi connectivity index (χ2n) is 9.28. The molecular weight excluding hydrogens is 490 g/mol. The van der Waals surface area contributed by atoms with Crippen molar-refractivity contribution in [2.75, 3.05) is 20.2 Å². The minimum Gasteiger partial charge on any atom is -0.497 e. The van der Waals surface area contributed by atoms with Crippen molar-refractivity contribution in [3.8, 4) is 5.75 Å². The highest BCUT2D eigenvalue weighted by atomic mass is 16.5. The van der Waals surface area contributed by atoms with Crippen LogP contribution >= 0.6 is 0 Å². The van der Waals surface area contributed by atoms with Crippen LogP contribution in [0.15, 0.2) is 101 Å². The molecule has 0 radical (unpaired) electrons. The molecule has 2 aromatic carbocycles. The van der Waals surface area contributed by atoms with Gasteiger partial charge in [0.05, 0.1) is 7.11 Å². The summed E-state index contributed by atoms with van der Waals surface area (Å²) in [6.07, 6.45) is 16.1. The second-order valence-corrected chi connectivity index (χ2v) is 9.28. The van der Waals surface area contributed by atoms with Gasteiger partial charge in [0, 0.05) is 49.9 Å². The molecule has 39 heavy (non-hydrogen) atoms. The largest absolute Gasteiger partial charge is 0.497 e. The highest BCUT2D eigenvalue weighted by Gasteiger charge is 2.24. The quantitative estimate of drug-likeness (QED) is 0.146. The molecule has 1 heterocycles. The molecule has 1 N–H and O–H groups in total. The summed E-state index contributed by atoms with van der Waals surface area (Å²) >= 11 is 0. The number of rotatable bonds is 13. The summed E-state index contributed by atoms with van der Waals surface area (Å²) in [5, 5.41) is 8.72. The summed E-state index contributed by atoms with van der Waals surface area (Å²) in [5.74, 6) is 0.444. The summed E-state index contributed by atoms with van der Waals surface area (Å²) in [6.45, 7) is 1.41. The Morgan fingerprint density at radius 3 is 2.44 bits per heavy atom. The maximum absolute atomic E-state index is 13.4. The average Bonchev–Trinajstić information content (AvgIpc) is 2.97. The lowest BCUT2D eigenvalue weighted by Crippen LogP contribution is -2.38. The standard InChI is InChI=1S/C32H37N3O4/c1-39-30-15-13-26(14-16-30)25-34-21-8-11-29(17-22-33-20-7-3-6-12-31(36)37)32(38)35-23-18-28(19-24-35)27-9-4-2-5-10-27/h2,4-5,8-11,13-17,20-22,25,28H,3,6-7,12,18-19,23-24H2,1H3,(H,36,37)/b21-8+,22-17+,29-11+,33-20?,34-25?. The van der Waals surface area contributed by atoms with Gasteiger partial charge in [0.2, 0.25) is 0 Å². The van der Waals surface area contributed by atoms with Crippen LogP contribution in [0.5, 0.6) is 5.75 Å². The van der Waals surface area contributed by atoms with Crippen molar-refractivity contribution in [2.45, 2.75) is 44.4 Å². The lowest BCUT2D eigenvalue weighted by atomic mass is 9.89.